The highest BCUT2D eigenvalue weighted by Gasteiger charge is 2.17. The number of nitrogens with one attached hydrogen (secondary N) is 1. The van der Waals surface area contributed by atoms with Crippen molar-refractivity contribution in [2.45, 2.75) is 19.4 Å². The lowest BCUT2D eigenvalue weighted by atomic mass is 9.94. The van der Waals surface area contributed by atoms with Gasteiger partial charge in [0.05, 0.1) is 6.54 Å². The molecule has 1 N–H and O–H groups in total. The van der Waals surface area contributed by atoms with Crippen LogP contribution in [0.3, 0.4) is 0 Å². The first kappa shape index (κ1) is 13.4. The van der Waals surface area contributed by atoms with Gasteiger partial charge in [0, 0.05) is 11.1 Å². The van der Waals surface area contributed by atoms with E-state index in [1.165, 1.54) is 5.56 Å². The zero-order chi connectivity index (χ0) is 13.6. The molecule has 0 aromatic heterocycles. The van der Waals surface area contributed by atoms with Crippen molar-refractivity contribution < 1.29 is 0 Å². The first-order chi connectivity index (χ1) is 9.18. The molecule has 0 bridgehead atoms. The Balaban J connectivity index is 1.94. The van der Waals surface area contributed by atoms with Gasteiger partial charge in [0.15, 0.2) is 0 Å². The van der Waals surface area contributed by atoms with E-state index in [-0.39, 0.29) is 5.54 Å². The van der Waals surface area contributed by atoms with Gasteiger partial charge in [-0.2, -0.15) is 0 Å². The molecule has 0 saturated heterocycles. The van der Waals surface area contributed by atoms with Crippen LogP contribution in [-0.2, 0) is 5.54 Å². The third-order valence-corrected chi connectivity index (χ3v) is 3.12. The van der Waals surface area contributed by atoms with Crippen LogP contribution in [0.4, 0.5) is 0 Å². The van der Waals surface area contributed by atoms with Crippen LogP contribution in [0.5, 0.6) is 0 Å². The molecule has 0 atom stereocenters. The van der Waals surface area contributed by atoms with Gasteiger partial charge in [-0.1, -0.05) is 60.4 Å². The molecule has 1 heteroatoms. The van der Waals surface area contributed by atoms with Gasteiger partial charge in [-0.25, -0.2) is 0 Å². The smallest absolute Gasteiger partial charge is 0.0586 e. The van der Waals surface area contributed by atoms with Gasteiger partial charge in [-0.3, -0.25) is 5.32 Å². The number of rotatable bonds is 3. The Hall–Kier alpha value is -2.04. The summed E-state index contributed by atoms with van der Waals surface area (Å²) in [7, 11) is 0. The van der Waals surface area contributed by atoms with Crippen LogP contribution >= 0.6 is 0 Å². The van der Waals surface area contributed by atoms with Crippen LogP contribution < -0.4 is 5.32 Å². The van der Waals surface area contributed by atoms with Crippen molar-refractivity contribution >= 4 is 0 Å². The second kappa shape index (κ2) is 6.22. The minimum atomic E-state index is -0.0629. The van der Waals surface area contributed by atoms with E-state index in [0.29, 0.717) is 6.54 Å². The van der Waals surface area contributed by atoms with E-state index in [9.17, 15) is 0 Å². The molecular weight excluding hydrogens is 230 g/mol. The Morgan fingerprint density at radius 2 is 1.47 bits per heavy atom. The molecule has 0 aliphatic carbocycles. The van der Waals surface area contributed by atoms with E-state index >= 15 is 0 Å². The topological polar surface area (TPSA) is 12.0 Å². The van der Waals surface area contributed by atoms with Crippen LogP contribution in [0.2, 0.25) is 0 Å². The van der Waals surface area contributed by atoms with Crippen LogP contribution in [0.25, 0.3) is 0 Å². The first-order valence-corrected chi connectivity index (χ1v) is 6.53. The third kappa shape index (κ3) is 3.98. The molecule has 2 aromatic carbocycles. The average Bonchev–Trinajstić information content (AvgIpc) is 2.46. The highest BCUT2D eigenvalue weighted by Crippen LogP contribution is 2.18. The number of hydrogen-bond acceptors (Lipinski definition) is 1. The minimum absolute atomic E-state index is 0.0629. The Morgan fingerprint density at radius 3 is 2.11 bits per heavy atom. The maximum Gasteiger partial charge on any atom is 0.0586 e. The molecule has 0 saturated carbocycles. The monoisotopic (exact) mass is 249 g/mol. The Bertz CT molecular complexity index is 559. The SMILES string of the molecule is CC(C)(NCC#Cc1ccccc1)c1ccccc1. The summed E-state index contributed by atoms with van der Waals surface area (Å²) in [6.45, 7) is 5.02. The highest BCUT2D eigenvalue weighted by atomic mass is 14.9. The summed E-state index contributed by atoms with van der Waals surface area (Å²) < 4.78 is 0. The zero-order valence-corrected chi connectivity index (χ0v) is 11.5. The quantitative estimate of drug-likeness (QED) is 0.820. The summed E-state index contributed by atoms with van der Waals surface area (Å²) in [4.78, 5) is 0. The van der Waals surface area contributed by atoms with Crippen LogP contribution in [0, 0.1) is 11.8 Å². The van der Waals surface area contributed by atoms with Crippen molar-refractivity contribution in [3.63, 3.8) is 0 Å². The molecule has 0 amide bonds. The summed E-state index contributed by atoms with van der Waals surface area (Å²) in [5.74, 6) is 6.32. The fourth-order valence-corrected chi connectivity index (χ4v) is 1.89. The summed E-state index contributed by atoms with van der Waals surface area (Å²) >= 11 is 0. The Kier molecular flexibility index (Phi) is 4.39. The molecule has 0 spiro atoms. The molecule has 2 rings (SSSR count). The Labute approximate surface area is 115 Å². The molecule has 1 nitrogen and oxygen atoms in total. The molecule has 19 heavy (non-hydrogen) atoms. The van der Waals surface area contributed by atoms with Crippen molar-refractivity contribution in [2.75, 3.05) is 6.54 Å². The molecule has 0 aliphatic heterocycles. The fourth-order valence-electron chi connectivity index (χ4n) is 1.89. The van der Waals surface area contributed by atoms with Gasteiger partial charge in [-0.05, 0) is 31.5 Å². The summed E-state index contributed by atoms with van der Waals surface area (Å²) in [5.41, 5.74) is 2.27. The lowest BCUT2D eigenvalue weighted by Gasteiger charge is -2.25. The molecule has 0 radical (unpaired) electrons. The maximum atomic E-state index is 3.47. The normalized spacial score (nSPS) is 10.6. The van der Waals surface area contributed by atoms with Crippen molar-refractivity contribution in [1.29, 1.82) is 0 Å². The van der Waals surface area contributed by atoms with Gasteiger partial charge in [0.1, 0.15) is 0 Å². The molecular formula is C18H19N. The first-order valence-electron chi connectivity index (χ1n) is 6.53. The van der Waals surface area contributed by atoms with Gasteiger partial charge in [-0.15, -0.1) is 0 Å². The van der Waals surface area contributed by atoms with Gasteiger partial charge < -0.3 is 0 Å². The molecule has 0 unspecified atom stereocenters. The van der Waals surface area contributed by atoms with Gasteiger partial charge >= 0.3 is 0 Å². The van der Waals surface area contributed by atoms with E-state index < -0.39 is 0 Å². The predicted octanol–water partition coefficient (Wildman–Crippen LogP) is 3.56. The maximum absolute atomic E-state index is 3.47. The second-order valence-corrected chi connectivity index (χ2v) is 5.01. The van der Waals surface area contributed by atoms with E-state index in [2.05, 4.69) is 55.3 Å². The lowest BCUT2D eigenvalue weighted by molar-refractivity contribution is 0.428. The standard InChI is InChI=1S/C18H19N/c1-18(2,17-13-7-4-8-14-17)19-15-9-12-16-10-5-3-6-11-16/h3-8,10-11,13-14,19H,15H2,1-2H3. The van der Waals surface area contributed by atoms with E-state index in [1.54, 1.807) is 0 Å². The van der Waals surface area contributed by atoms with E-state index in [0.717, 1.165) is 5.56 Å². The van der Waals surface area contributed by atoms with Crippen LogP contribution in [-0.4, -0.2) is 6.54 Å². The molecule has 2 aromatic rings. The van der Waals surface area contributed by atoms with Crippen LogP contribution in [0.1, 0.15) is 25.0 Å². The highest BCUT2D eigenvalue weighted by molar-refractivity contribution is 5.34. The Morgan fingerprint density at radius 1 is 0.895 bits per heavy atom. The summed E-state index contributed by atoms with van der Waals surface area (Å²) in [6, 6.07) is 20.5. The minimum Gasteiger partial charge on any atom is -0.297 e. The molecule has 96 valence electrons. The third-order valence-electron chi connectivity index (χ3n) is 3.12. The van der Waals surface area contributed by atoms with Gasteiger partial charge in [0.2, 0.25) is 0 Å². The largest absolute Gasteiger partial charge is 0.297 e. The van der Waals surface area contributed by atoms with Crippen molar-refractivity contribution in [1.82, 2.24) is 5.32 Å². The fraction of sp³-hybridized carbons (Fsp3) is 0.222. The molecule has 0 aliphatic rings. The van der Waals surface area contributed by atoms with Crippen molar-refractivity contribution in [3.8, 4) is 11.8 Å². The predicted molar refractivity (Wildman–Crippen MR) is 80.8 cm³/mol. The molecule has 0 fully saturated rings. The van der Waals surface area contributed by atoms with E-state index in [1.807, 2.05) is 36.4 Å². The van der Waals surface area contributed by atoms with E-state index in [4.69, 9.17) is 0 Å². The lowest BCUT2D eigenvalue weighted by Crippen LogP contribution is -2.36. The van der Waals surface area contributed by atoms with Crippen molar-refractivity contribution in [2.24, 2.45) is 0 Å². The average molecular weight is 249 g/mol. The summed E-state index contributed by atoms with van der Waals surface area (Å²) in [6.07, 6.45) is 0. The zero-order valence-electron chi connectivity index (χ0n) is 11.5. The molecule has 0 heterocycles. The number of hydrogen-bond donors (Lipinski definition) is 1. The second-order valence-electron chi connectivity index (χ2n) is 5.01. The number of benzene rings is 2. The summed E-state index contributed by atoms with van der Waals surface area (Å²) in [5, 5.41) is 3.47. The van der Waals surface area contributed by atoms with Gasteiger partial charge in [0.25, 0.3) is 0 Å². The van der Waals surface area contributed by atoms with Crippen LogP contribution in [0.15, 0.2) is 60.7 Å². The van der Waals surface area contributed by atoms with Crippen molar-refractivity contribution in [3.05, 3.63) is 71.8 Å².